The van der Waals surface area contributed by atoms with Crippen LogP contribution in [-0.4, -0.2) is 17.9 Å². The molecule has 3 nitrogen and oxygen atoms in total. The van der Waals surface area contributed by atoms with Crippen LogP contribution in [0.4, 0.5) is 0 Å². The van der Waals surface area contributed by atoms with Crippen molar-refractivity contribution in [2.45, 2.75) is 25.4 Å². The number of ketones is 1. The van der Waals surface area contributed by atoms with Crippen molar-refractivity contribution in [2.75, 3.05) is 0 Å². The molecule has 1 atom stereocenters. The Morgan fingerprint density at radius 2 is 2.00 bits per heavy atom. The van der Waals surface area contributed by atoms with E-state index in [1.807, 2.05) is 6.07 Å². The summed E-state index contributed by atoms with van der Waals surface area (Å²) in [6.45, 7) is 0. The van der Waals surface area contributed by atoms with E-state index in [2.05, 4.69) is 0 Å². The number of benzene rings is 1. The van der Waals surface area contributed by atoms with E-state index in [1.54, 1.807) is 30.3 Å². The third kappa shape index (κ3) is 3.28. The van der Waals surface area contributed by atoms with Gasteiger partial charge < -0.3 is 4.74 Å². The van der Waals surface area contributed by atoms with Gasteiger partial charge >= 0.3 is 5.97 Å². The van der Waals surface area contributed by atoms with Crippen molar-refractivity contribution in [2.24, 2.45) is 0 Å². The number of hydrogen-bond acceptors (Lipinski definition) is 3. The van der Waals surface area contributed by atoms with E-state index in [9.17, 15) is 9.59 Å². The highest BCUT2D eigenvalue weighted by atomic mass is 16.5. The van der Waals surface area contributed by atoms with Crippen molar-refractivity contribution in [3.63, 3.8) is 0 Å². The SMILES string of the molecule is O=C1C=C[C@@H](OC(=O)c2ccccc2)CCC1. The summed E-state index contributed by atoms with van der Waals surface area (Å²) in [7, 11) is 0. The van der Waals surface area contributed by atoms with E-state index in [0.717, 1.165) is 6.42 Å². The molecule has 2 rings (SSSR count). The molecule has 0 amide bonds. The molecule has 0 unspecified atom stereocenters. The van der Waals surface area contributed by atoms with E-state index < -0.39 is 0 Å². The lowest BCUT2D eigenvalue weighted by Crippen LogP contribution is -2.15. The molecule has 0 radical (unpaired) electrons. The lowest BCUT2D eigenvalue weighted by Gasteiger charge is -2.12. The van der Waals surface area contributed by atoms with Gasteiger partial charge in [0.1, 0.15) is 6.10 Å². The molecule has 88 valence electrons. The highest BCUT2D eigenvalue weighted by Crippen LogP contribution is 2.14. The summed E-state index contributed by atoms with van der Waals surface area (Å²) in [5.41, 5.74) is 0.538. The molecule has 0 aromatic heterocycles. The average molecular weight is 230 g/mol. The van der Waals surface area contributed by atoms with Crippen molar-refractivity contribution in [1.82, 2.24) is 0 Å². The lowest BCUT2D eigenvalue weighted by molar-refractivity contribution is -0.114. The first kappa shape index (κ1) is 11.6. The standard InChI is InChI=1S/C14H14O3/c15-12-7-4-8-13(10-9-12)17-14(16)11-5-2-1-3-6-11/h1-3,5-6,9-10,13H,4,7-8H2/t13-/m0/s1. The van der Waals surface area contributed by atoms with Crippen LogP contribution in [0.25, 0.3) is 0 Å². The molecule has 0 spiro atoms. The number of ether oxygens (including phenoxy) is 1. The molecule has 0 heterocycles. The normalized spacial score (nSPS) is 19.8. The molecule has 0 fully saturated rings. The number of hydrogen-bond donors (Lipinski definition) is 0. The highest BCUT2D eigenvalue weighted by Gasteiger charge is 2.16. The topological polar surface area (TPSA) is 43.4 Å². The van der Waals surface area contributed by atoms with Crippen LogP contribution in [0, 0.1) is 0 Å². The van der Waals surface area contributed by atoms with Gasteiger partial charge in [-0.1, -0.05) is 18.2 Å². The van der Waals surface area contributed by atoms with E-state index in [-0.39, 0.29) is 17.9 Å². The zero-order valence-corrected chi connectivity index (χ0v) is 9.46. The Hall–Kier alpha value is -1.90. The van der Waals surface area contributed by atoms with Crippen LogP contribution < -0.4 is 0 Å². The van der Waals surface area contributed by atoms with E-state index >= 15 is 0 Å². The van der Waals surface area contributed by atoms with Gasteiger partial charge in [0.15, 0.2) is 5.78 Å². The Bertz CT molecular complexity index is 434. The van der Waals surface area contributed by atoms with Crippen molar-refractivity contribution in [1.29, 1.82) is 0 Å². The van der Waals surface area contributed by atoms with Crippen molar-refractivity contribution in [3.8, 4) is 0 Å². The van der Waals surface area contributed by atoms with Crippen LogP contribution in [0.1, 0.15) is 29.6 Å². The van der Waals surface area contributed by atoms with Crippen molar-refractivity contribution in [3.05, 3.63) is 48.0 Å². The van der Waals surface area contributed by atoms with Gasteiger partial charge in [0.25, 0.3) is 0 Å². The summed E-state index contributed by atoms with van der Waals surface area (Å²) in [5.74, 6) is -0.238. The van der Waals surface area contributed by atoms with Crippen LogP contribution in [0.3, 0.4) is 0 Å². The molecular formula is C14H14O3. The quantitative estimate of drug-likeness (QED) is 0.733. The average Bonchev–Trinajstić information content (AvgIpc) is 2.56. The second-order valence-corrected chi connectivity index (χ2v) is 4.03. The van der Waals surface area contributed by atoms with Crippen LogP contribution in [-0.2, 0) is 9.53 Å². The lowest BCUT2D eigenvalue weighted by atomic mass is 10.2. The Kier molecular flexibility index (Phi) is 3.70. The zero-order chi connectivity index (χ0) is 12.1. The maximum atomic E-state index is 11.8. The summed E-state index contributed by atoms with van der Waals surface area (Å²) < 4.78 is 5.33. The highest BCUT2D eigenvalue weighted by molar-refractivity contribution is 5.91. The minimum Gasteiger partial charge on any atom is -0.455 e. The second kappa shape index (κ2) is 5.43. The van der Waals surface area contributed by atoms with Gasteiger partial charge in [0.2, 0.25) is 0 Å². The summed E-state index contributed by atoms with van der Waals surface area (Å²) in [5, 5.41) is 0. The van der Waals surface area contributed by atoms with Gasteiger partial charge in [0, 0.05) is 6.42 Å². The molecule has 0 N–H and O–H groups in total. The molecule has 0 saturated carbocycles. The molecule has 3 heteroatoms. The number of carbonyl (C=O) groups is 2. The first-order valence-corrected chi connectivity index (χ1v) is 5.73. The zero-order valence-electron chi connectivity index (χ0n) is 9.46. The third-order valence-electron chi connectivity index (χ3n) is 2.68. The Morgan fingerprint density at radius 1 is 1.24 bits per heavy atom. The smallest absolute Gasteiger partial charge is 0.338 e. The van der Waals surface area contributed by atoms with Crippen molar-refractivity contribution >= 4 is 11.8 Å². The monoisotopic (exact) mass is 230 g/mol. The first-order valence-electron chi connectivity index (χ1n) is 5.73. The maximum absolute atomic E-state index is 11.8. The van der Waals surface area contributed by atoms with Gasteiger partial charge in [-0.3, -0.25) is 4.79 Å². The number of esters is 1. The summed E-state index contributed by atoms with van der Waals surface area (Å²) in [6, 6.07) is 8.87. The molecule has 0 saturated heterocycles. The number of rotatable bonds is 2. The Balaban J connectivity index is 1.99. The van der Waals surface area contributed by atoms with Crippen LogP contribution in [0.5, 0.6) is 0 Å². The molecular weight excluding hydrogens is 216 g/mol. The molecule has 1 aromatic rings. The van der Waals surface area contributed by atoms with Crippen LogP contribution >= 0.6 is 0 Å². The summed E-state index contributed by atoms with van der Waals surface area (Å²) in [4.78, 5) is 22.9. The van der Waals surface area contributed by atoms with Gasteiger partial charge in [-0.2, -0.15) is 0 Å². The van der Waals surface area contributed by atoms with Crippen LogP contribution in [0.2, 0.25) is 0 Å². The van der Waals surface area contributed by atoms with Gasteiger partial charge in [-0.15, -0.1) is 0 Å². The fraction of sp³-hybridized carbons (Fsp3) is 0.286. The maximum Gasteiger partial charge on any atom is 0.338 e. The molecule has 17 heavy (non-hydrogen) atoms. The minimum absolute atomic E-state index is 0.100. The fourth-order valence-corrected chi connectivity index (χ4v) is 1.75. The minimum atomic E-state index is -0.338. The van der Waals surface area contributed by atoms with Crippen LogP contribution in [0.15, 0.2) is 42.5 Å². The predicted octanol–water partition coefficient (Wildman–Crippen LogP) is 2.52. The Labute approximate surface area is 100 Å². The molecule has 1 aliphatic rings. The first-order chi connectivity index (χ1) is 8.25. The van der Waals surface area contributed by atoms with E-state index in [4.69, 9.17) is 4.74 Å². The molecule has 1 aliphatic carbocycles. The fourth-order valence-electron chi connectivity index (χ4n) is 1.75. The van der Waals surface area contributed by atoms with Gasteiger partial charge in [-0.05, 0) is 37.1 Å². The van der Waals surface area contributed by atoms with E-state index in [1.165, 1.54) is 6.08 Å². The second-order valence-electron chi connectivity index (χ2n) is 4.03. The Morgan fingerprint density at radius 3 is 2.76 bits per heavy atom. The number of allylic oxidation sites excluding steroid dienone is 1. The largest absolute Gasteiger partial charge is 0.455 e. The molecule has 0 bridgehead atoms. The van der Waals surface area contributed by atoms with Gasteiger partial charge in [0.05, 0.1) is 5.56 Å². The van der Waals surface area contributed by atoms with E-state index in [0.29, 0.717) is 18.4 Å². The third-order valence-corrected chi connectivity index (χ3v) is 2.68. The van der Waals surface area contributed by atoms with Gasteiger partial charge in [-0.25, -0.2) is 4.79 Å². The summed E-state index contributed by atoms with van der Waals surface area (Å²) >= 11 is 0. The molecule has 1 aromatic carbocycles. The summed E-state index contributed by atoms with van der Waals surface area (Å²) in [6.07, 6.45) is 4.91. The number of carbonyl (C=O) groups excluding carboxylic acids is 2. The predicted molar refractivity (Wildman–Crippen MR) is 63.6 cm³/mol. The molecule has 0 aliphatic heterocycles. The van der Waals surface area contributed by atoms with Crippen molar-refractivity contribution < 1.29 is 14.3 Å².